The third-order valence-electron chi connectivity index (χ3n) is 3.63. The van der Waals surface area contributed by atoms with Crippen LogP contribution in [0.25, 0.3) is 6.08 Å². The fraction of sp³-hybridized carbons (Fsp3) is 0.176. The number of hydrogen-bond donors (Lipinski definition) is 2. The number of non-ortho nitro benzene ring substituents is 1. The predicted molar refractivity (Wildman–Crippen MR) is 86.3 cm³/mol. The highest BCUT2D eigenvalue weighted by molar-refractivity contribution is 5.61. The number of rotatable bonds is 5. The minimum absolute atomic E-state index is 0.0782. The highest BCUT2D eigenvalue weighted by atomic mass is 16.6. The SMILES string of the molecule is O=[N+]([O-])c1ccc(CCNC2Oc3ccccc3C=C2O)cc1. The molecule has 0 radical (unpaired) electrons. The van der Waals surface area contributed by atoms with E-state index in [1.807, 2.05) is 24.3 Å². The maximum absolute atomic E-state index is 10.6. The number of nitro benzene ring substituents is 1. The smallest absolute Gasteiger partial charge is 0.269 e. The van der Waals surface area contributed by atoms with E-state index in [1.54, 1.807) is 18.2 Å². The average Bonchev–Trinajstić information content (AvgIpc) is 2.56. The highest BCUT2D eigenvalue weighted by Crippen LogP contribution is 2.27. The Labute approximate surface area is 133 Å². The Bertz CT molecular complexity index is 741. The molecule has 0 aliphatic carbocycles. The van der Waals surface area contributed by atoms with Crippen LogP contribution in [0.15, 0.2) is 54.3 Å². The zero-order valence-corrected chi connectivity index (χ0v) is 12.3. The molecule has 0 amide bonds. The predicted octanol–water partition coefficient (Wildman–Crippen LogP) is 3.04. The molecule has 0 spiro atoms. The maximum Gasteiger partial charge on any atom is 0.269 e. The first-order valence-electron chi connectivity index (χ1n) is 7.26. The summed E-state index contributed by atoms with van der Waals surface area (Å²) in [5.41, 5.74) is 1.90. The lowest BCUT2D eigenvalue weighted by molar-refractivity contribution is -0.384. The third-order valence-corrected chi connectivity index (χ3v) is 3.63. The molecule has 0 fully saturated rings. The molecule has 3 rings (SSSR count). The molecule has 23 heavy (non-hydrogen) atoms. The second-order valence-corrected chi connectivity index (χ2v) is 5.23. The van der Waals surface area contributed by atoms with Crippen molar-refractivity contribution in [2.45, 2.75) is 12.6 Å². The fourth-order valence-electron chi connectivity index (χ4n) is 2.41. The molecule has 1 aliphatic heterocycles. The van der Waals surface area contributed by atoms with Crippen LogP contribution in [0.3, 0.4) is 0 Å². The Kier molecular flexibility index (Phi) is 4.25. The van der Waals surface area contributed by atoms with Gasteiger partial charge < -0.3 is 9.84 Å². The van der Waals surface area contributed by atoms with Crippen molar-refractivity contribution in [2.75, 3.05) is 6.54 Å². The van der Waals surface area contributed by atoms with Gasteiger partial charge in [-0.2, -0.15) is 0 Å². The van der Waals surface area contributed by atoms with Gasteiger partial charge in [-0.25, -0.2) is 0 Å². The Morgan fingerprint density at radius 3 is 2.65 bits per heavy atom. The van der Waals surface area contributed by atoms with Gasteiger partial charge in [-0.1, -0.05) is 30.3 Å². The van der Waals surface area contributed by atoms with Crippen molar-refractivity contribution in [1.29, 1.82) is 0 Å². The highest BCUT2D eigenvalue weighted by Gasteiger charge is 2.21. The van der Waals surface area contributed by atoms with Gasteiger partial charge in [-0.3, -0.25) is 15.4 Å². The Balaban J connectivity index is 1.56. The topological polar surface area (TPSA) is 84.6 Å². The van der Waals surface area contributed by atoms with Gasteiger partial charge in [0.1, 0.15) is 11.5 Å². The molecule has 1 heterocycles. The van der Waals surface area contributed by atoms with Gasteiger partial charge in [0, 0.05) is 24.2 Å². The number of nitro groups is 1. The quantitative estimate of drug-likeness (QED) is 0.655. The summed E-state index contributed by atoms with van der Waals surface area (Å²) in [6.07, 6.45) is 1.78. The zero-order chi connectivity index (χ0) is 16.2. The molecule has 6 nitrogen and oxygen atoms in total. The molecule has 0 saturated carbocycles. The van der Waals surface area contributed by atoms with Gasteiger partial charge in [0.05, 0.1) is 4.92 Å². The molecule has 2 N–H and O–H groups in total. The molecule has 0 bridgehead atoms. The molecule has 2 aromatic carbocycles. The molecule has 118 valence electrons. The van der Waals surface area contributed by atoms with Crippen molar-refractivity contribution in [3.63, 3.8) is 0 Å². The lowest BCUT2D eigenvalue weighted by Crippen LogP contribution is -2.39. The third kappa shape index (κ3) is 3.49. The molecule has 1 atom stereocenters. The summed E-state index contributed by atoms with van der Waals surface area (Å²) in [6.45, 7) is 0.572. The van der Waals surface area contributed by atoms with Gasteiger partial charge in [0.25, 0.3) is 5.69 Å². The van der Waals surface area contributed by atoms with Crippen LogP contribution in [-0.4, -0.2) is 22.8 Å². The first-order chi connectivity index (χ1) is 11.1. The van der Waals surface area contributed by atoms with Crippen LogP contribution in [0.5, 0.6) is 5.75 Å². The van der Waals surface area contributed by atoms with E-state index >= 15 is 0 Å². The number of nitrogens with one attached hydrogen (secondary N) is 1. The molecule has 2 aromatic rings. The van der Waals surface area contributed by atoms with Gasteiger partial charge in [-0.15, -0.1) is 0 Å². The molecule has 1 unspecified atom stereocenters. The molecule has 0 saturated heterocycles. The summed E-state index contributed by atoms with van der Waals surface area (Å²) in [4.78, 5) is 10.2. The minimum atomic E-state index is -0.581. The average molecular weight is 312 g/mol. The van der Waals surface area contributed by atoms with E-state index in [-0.39, 0.29) is 11.4 Å². The fourth-order valence-corrected chi connectivity index (χ4v) is 2.41. The van der Waals surface area contributed by atoms with Gasteiger partial charge >= 0.3 is 0 Å². The monoisotopic (exact) mass is 312 g/mol. The lowest BCUT2D eigenvalue weighted by Gasteiger charge is -2.24. The molecule has 6 heteroatoms. The van der Waals surface area contributed by atoms with Crippen molar-refractivity contribution in [1.82, 2.24) is 5.32 Å². The van der Waals surface area contributed by atoms with E-state index in [0.717, 1.165) is 16.9 Å². The standard InChI is InChI=1S/C17H16N2O4/c20-15-11-13-3-1-2-4-16(13)23-17(15)18-10-9-12-5-7-14(8-6-12)19(21)22/h1-8,11,17-18,20H,9-10H2. The number of aliphatic hydroxyl groups is 1. The number of nitrogens with zero attached hydrogens (tertiary/aromatic N) is 1. The minimum Gasteiger partial charge on any atom is -0.507 e. The van der Waals surface area contributed by atoms with E-state index in [1.165, 1.54) is 12.1 Å². The molecular weight excluding hydrogens is 296 g/mol. The van der Waals surface area contributed by atoms with Crippen molar-refractivity contribution >= 4 is 11.8 Å². The zero-order valence-electron chi connectivity index (χ0n) is 12.3. The van der Waals surface area contributed by atoms with Gasteiger partial charge in [0.2, 0.25) is 6.23 Å². The summed E-state index contributed by atoms with van der Waals surface area (Å²) >= 11 is 0. The molecule has 0 aromatic heterocycles. The summed E-state index contributed by atoms with van der Waals surface area (Å²) < 4.78 is 5.71. The van der Waals surface area contributed by atoms with Crippen molar-refractivity contribution in [3.8, 4) is 5.75 Å². The van der Waals surface area contributed by atoms with E-state index in [2.05, 4.69) is 5.32 Å². The van der Waals surface area contributed by atoms with E-state index in [0.29, 0.717) is 13.0 Å². The van der Waals surface area contributed by atoms with Crippen LogP contribution in [-0.2, 0) is 6.42 Å². The largest absolute Gasteiger partial charge is 0.507 e. The van der Waals surface area contributed by atoms with Crippen molar-refractivity contribution in [2.24, 2.45) is 0 Å². The van der Waals surface area contributed by atoms with Crippen LogP contribution in [0, 0.1) is 10.1 Å². The molecule has 1 aliphatic rings. The van der Waals surface area contributed by atoms with Crippen LogP contribution in [0.1, 0.15) is 11.1 Å². The maximum atomic E-state index is 10.6. The van der Waals surface area contributed by atoms with Crippen LogP contribution in [0.4, 0.5) is 5.69 Å². The summed E-state index contributed by atoms with van der Waals surface area (Å²) in [5.74, 6) is 0.852. The Morgan fingerprint density at radius 1 is 1.17 bits per heavy atom. The van der Waals surface area contributed by atoms with E-state index < -0.39 is 11.2 Å². The van der Waals surface area contributed by atoms with Crippen LogP contribution in [0.2, 0.25) is 0 Å². The number of aliphatic hydroxyl groups excluding tert-OH is 1. The number of ether oxygens (including phenoxy) is 1. The molecular formula is C17H16N2O4. The number of hydrogen-bond acceptors (Lipinski definition) is 5. The second kappa shape index (κ2) is 6.50. The number of fused-ring (bicyclic) bond motifs is 1. The van der Waals surface area contributed by atoms with Crippen LogP contribution < -0.4 is 10.1 Å². The summed E-state index contributed by atoms with van der Waals surface area (Å²) in [6, 6.07) is 13.9. The first kappa shape index (κ1) is 15.1. The first-order valence-corrected chi connectivity index (χ1v) is 7.26. The van der Waals surface area contributed by atoms with Crippen molar-refractivity contribution in [3.05, 3.63) is 75.5 Å². The lowest BCUT2D eigenvalue weighted by atomic mass is 10.1. The number of para-hydroxylation sites is 1. The number of benzene rings is 2. The summed E-state index contributed by atoms with van der Waals surface area (Å²) in [7, 11) is 0. The summed E-state index contributed by atoms with van der Waals surface area (Å²) in [5, 5.41) is 23.7. The second-order valence-electron chi connectivity index (χ2n) is 5.23. The van der Waals surface area contributed by atoms with Crippen LogP contribution >= 0.6 is 0 Å². The van der Waals surface area contributed by atoms with Crippen molar-refractivity contribution < 1.29 is 14.8 Å². The Morgan fingerprint density at radius 2 is 1.91 bits per heavy atom. The van der Waals surface area contributed by atoms with E-state index in [9.17, 15) is 15.2 Å². The normalized spacial score (nSPS) is 16.2. The van der Waals surface area contributed by atoms with Gasteiger partial charge in [0.15, 0.2) is 0 Å². The van der Waals surface area contributed by atoms with E-state index in [4.69, 9.17) is 4.74 Å². The Hall–Kier alpha value is -2.86. The van der Waals surface area contributed by atoms with Gasteiger partial charge in [-0.05, 0) is 24.1 Å².